The van der Waals surface area contributed by atoms with Crippen LogP contribution in [0.3, 0.4) is 0 Å². The van der Waals surface area contributed by atoms with Crippen molar-refractivity contribution in [3.63, 3.8) is 0 Å². The summed E-state index contributed by atoms with van der Waals surface area (Å²) in [5.74, 6) is 1.23. The van der Waals surface area contributed by atoms with Gasteiger partial charge in [-0.15, -0.1) is 0 Å². The van der Waals surface area contributed by atoms with Gasteiger partial charge in [-0.05, 0) is 47.3 Å². The van der Waals surface area contributed by atoms with Crippen LogP contribution in [0.1, 0.15) is 25.6 Å². The minimum atomic E-state index is -0.269. The molecule has 1 aromatic carbocycles. The van der Waals surface area contributed by atoms with Crippen molar-refractivity contribution >= 4 is 27.0 Å². The molecule has 2 aromatic rings. The Balaban J connectivity index is 2.10. The van der Waals surface area contributed by atoms with Gasteiger partial charge in [-0.25, -0.2) is 9.37 Å². The molecule has 0 aliphatic rings. The van der Waals surface area contributed by atoms with Crippen LogP contribution in [0.25, 0.3) is 11.0 Å². The standard InChI is InChI=1S/C13H17BrFN3/c1-8(4-5-16)2-3-13-17-11-6-9(14)10(15)7-12(11)18-13/h6-8H,2-5,16H2,1H3,(H,17,18). The normalized spacial score (nSPS) is 13.1. The number of H-pyrrole nitrogens is 1. The molecule has 0 saturated carbocycles. The molecule has 0 fully saturated rings. The predicted octanol–water partition coefficient (Wildman–Crippen LogP) is 3.38. The number of aryl methyl sites for hydroxylation is 1. The number of nitrogens with zero attached hydrogens (tertiary/aromatic N) is 1. The van der Waals surface area contributed by atoms with Crippen molar-refractivity contribution in [1.29, 1.82) is 0 Å². The summed E-state index contributed by atoms with van der Waals surface area (Å²) < 4.78 is 13.8. The number of hydrogen-bond acceptors (Lipinski definition) is 2. The Labute approximate surface area is 114 Å². The van der Waals surface area contributed by atoms with E-state index in [1.165, 1.54) is 6.07 Å². The maximum atomic E-state index is 13.4. The van der Waals surface area contributed by atoms with Crippen molar-refractivity contribution in [2.75, 3.05) is 6.54 Å². The van der Waals surface area contributed by atoms with Crippen LogP contribution < -0.4 is 5.73 Å². The lowest BCUT2D eigenvalue weighted by atomic mass is 10.0. The fourth-order valence-electron chi connectivity index (χ4n) is 1.99. The lowest BCUT2D eigenvalue weighted by Crippen LogP contribution is -2.06. The van der Waals surface area contributed by atoms with Gasteiger partial charge < -0.3 is 10.7 Å². The molecule has 1 unspecified atom stereocenters. The summed E-state index contributed by atoms with van der Waals surface area (Å²) in [5.41, 5.74) is 7.07. The van der Waals surface area contributed by atoms with Crippen molar-refractivity contribution in [3.8, 4) is 0 Å². The Morgan fingerprint density at radius 3 is 2.94 bits per heavy atom. The Morgan fingerprint density at radius 1 is 1.44 bits per heavy atom. The van der Waals surface area contributed by atoms with Gasteiger partial charge in [0.25, 0.3) is 0 Å². The molecule has 1 aromatic heterocycles. The van der Waals surface area contributed by atoms with Gasteiger partial charge in [0.1, 0.15) is 11.6 Å². The number of aromatic amines is 1. The second-order valence-electron chi connectivity index (χ2n) is 4.69. The maximum absolute atomic E-state index is 13.4. The summed E-state index contributed by atoms with van der Waals surface area (Å²) in [5, 5.41) is 0. The first kappa shape index (κ1) is 13.5. The number of nitrogens with two attached hydrogens (primary N) is 1. The van der Waals surface area contributed by atoms with Crippen molar-refractivity contribution in [1.82, 2.24) is 9.97 Å². The van der Waals surface area contributed by atoms with E-state index in [0.29, 0.717) is 10.4 Å². The quantitative estimate of drug-likeness (QED) is 0.889. The maximum Gasteiger partial charge on any atom is 0.139 e. The zero-order valence-corrected chi connectivity index (χ0v) is 11.9. The smallest absolute Gasteiger partial charge is 0.139 e. The molecular weight excluding hydrogens is 297 g/mol. The van der Waals surface area contributed by atoms with E-state index in [9.17, 15) is 4.39 Å². The monoisotopic (exact) mass is 313 g/mol. The first-order valence-corrected chi connectivity index (χ1v) is 6.93. The zero-order chi connectivity index (χ0) is 13.1. The number of halogens is 2. The highest BCUT2D eigenvalue weighted by Crippen LogP contribution is 2.22. The summed E-state index contributed by atoms with van der Waals surface area (Å²) in [6.07, 6.45) is 2.94. The molecule has 3 N–H and O–H groups in total. The van der Waals surface area contributed by atoms with E-state index in [4.69, 9.17) is 5.73 Å². The summed E-state index contributed by atoms with van der Waals surface area (Å²) in [7, 11) is 0. The number of nitrogens with one attached hydrogen (secondary N) is 1. The van der Waals surface area contributed by atoms with Crippen LogP contribution in [-0.2, 0) is 6.42 Å². The molecule has 0 aliphatic heterocycles. The molecule has 1 atom stereocenters. The number of benzene rings is 1. The van der Waals surface area contributed by atoms with E-state index < -0.39 is 0 Å². The number of hydrogen-bond donors (Lipinski definition) is 2. The van der Waals surface area contributed by atoms with Crippen LogP contribution in [0.2, 0.25) is 0 Å². The van der Waals surface area contributed by atoms with Gasteiger partial charge in [0.15, 0.2) is 0 Å². The van der Waals surface area contributed by atoms with Crippen LogP contribution in [0.4, 0.5) is 4.39 Å². The highest BCUT2D eigenvalue weighted by atomic mass is 79.9. The van der Waals surface area contributed by atoms with Crippen LogP contribution in [0.15, 0.2) is 16.6 Å². The largest absolute Gasteiger partial charge is 0.342 e. The van der Waals surface area contributed by atoms with E-state index in [-0.39, 0.29) is 5.82 Å². The Kier molecular flexibility index (Phi) is 4.35. The molecule has 5 heteroatoms. The van der Waals surface area contributed by atoms with Gasteiger partial charge in [0.05, 0.1) is 15.5 Å². The Hall–Kier alpha value is -0.940. The number of fused-ring (bicyclic) bond motifs is 1. The summed E-state index contributed by atoms with van der Waals surface area (Å²) >= 11 is 3.17. The van der Waals surface area contributed by atoms with Gasteiger partial charge in [0, 0.05) is 12.5 Å². The molecule has 1 heterocycles. The van der Waals surface area contributed by atoms with Gasteiger partial charge in [-0.1, -0.05) is 6.92 Å². The molecule has 0 radical (unpaired) electrons. The average molecular weight is 314 g/mol. The van der Waals surface area contributed by atoms with Gasteiger partial charge >= 0.3 is 0 Å². The highest BCUT2D eigenvalue weighted by molar-refractivity contribution is 9.10. The van der Waals surface area contributed by atoms with Crippen LogP contribution in [0.5, 0.6) is 0 Å². The number of imidazole rings is 1. The van der Waals surface area contributed by atoms with Crippen molar-refractivity contribution in [2.24, 2.45) is 11.7 Å². The van der Waals surface area contributed by atoms with Crippen molar-refractivity contribution in [3.05, 3.63) is 28.2 Å². The zero-order valence-electron chi connectivity index (χ0n) is 10.3. The van der Waals surface area contributed by atoms with E-state index in [0.717, 1.165) is 42.7 Å². The highest BCUT2D eigenvalue weighted by Gasteiger charge is 2.08. The second kappa shape index (κ2) is 5.80. The predicted molar refractivity (Wildman–Crippen MR) is 74.9 cm³/mol. The minimum absolute atomic E-state index is 0.269. The average Bonchev–Trinajstić information content (AvgIpc) is 2.69. The van der Waals surface area contributed by atoms with Gasteiger partial charge in [-0.2, -0.15) is 0 Å². The van der Waals surface area contributed by atoms with Gasteiger partial charge in [0.2, 0.25) is 0 Å². The first-order valence-electron chi connectivity index (χ1n) is 6.14. The van der Waals surface area contributed by atoms with E-state index in [2.05, 4.69) is 32.8 Å². The molecule has 0 aliphatic carbocycles. The van der Waals surface area contributed by atoms with Gasteiger partial charge in [-0.3, -0.25) is 0 Å². The van der Waals surface area contributed by atoms with E-state index in [1.54, 1.807) is 6.07 Å². The van der Waals surface area contributed by atoms with Crippen LogP contribution in [0, 0.1) is 11.7 Å². The lowest BCUT2D eigenvalue weighted by Gasteiger charge is -2.07. The fourth-order valence-corrected chi connectivity index (χ4v) is 2.32. The number of rotatable bonds is 5. The molecule has 18 heavy (non-hydrogen) atoms. The third-order valence-corrected chi connectivity index (χ3v) is 3.71. The fraction of sp³-hybridized carbons (Fsp3) is 0.462. The molecule has 0 saturated heterocycles. The molecule has 0 amide bonds. The van der Waals surface area contributed by atoms with Crippen molar-refractivity contribution < 1.29 is 4.39 Å². The van der Waals surface area contributed by atoms with Crippen molar-refractivity contribution in [2.45, 2.75) is 26.2 Å². The third-order valence-electron chi connectivity index (χ3n) is 3.11. The minimum Gasteiger partial charge on any atom is -0.342 e. The Bertz CT molecular complexity index is 499. The Morgan fingerprint density at radius 2 is 2.22 bits per heavy atom. The first-order chi connectivity index (χ1) is 8.60. The topological polar surface area (TPSA) is 54.7 Å². The molecular formula is C13H17BrFN3. The SMILES string of the molecule is CC(CCN)CCc1nc2cc(Br)c(F)cc2[nH]1. The lowest BCUT2D eigenvalue weighted by molar-refractivity contribution is 0.495. The molecule has 0 spiro atoms. The molecule has 3 nitrogen and oxygen atoms in total. The summed E-state index contributed by atoms with van der Waals surface area (Å²) in [6.45, 7) is 2.91. The second-order valence-corrected chi connectivity index (χ2v) is 5.54. The van der Waals surface area contributed by atoms with Crippen LogP contribution in [-0.4, -0.2) is 16.5 Å². The van der Waals surface area contributed by atoms with E-state index in [1.807, 2.05) is 0 Å². The molecule has 98 valence electrons. The molecule has 0 bridgehead atoms. The number of aromatic nitrogens is 2. The van der Waals surface area contributed by atoms with E-state index >= 15 is 0 Å². The van der Waals surface area contributed by atoms with Crippen LogP contribution >= 0.6 is 15.9 Å². The summed E-state index contributed by atoms with van der Waals surface area (Å²) in [4.78, 5) is 7.62. The summed E-state index contributed by atoms with van der Waals surface area (Å²) in [6, 6.07) is 3.17. The third kappa shape index (κ3) is 3.09. The molecule has 2 rings (SSSR count).